The summed E-state index contributed by atoms with van der Waals surface area (Å²) < 4.78 is 5.28. The van der Waals surface area contributed by atoms with Crippen LogP contribution in [0.15, 0.2) is 12.1 Å². The number of halogens is 2. The standard InChI is InChI=1S/C11H12Cl2O3/c1-3-16-10-8(12)5-4-7(9(10)13)6(2)11(14)15/h4-6H,3H2,1-2H3,(H,14,15). The van der Waals surface area contributed by atoms with Crippen molar-refractivity contribution in [3.63, 3.8) is 0 Å². The van der Waals surface area contributed by atoms with Crippen LogP contribution in [0, 0.1) is 0 Å². The molecule has 1 unspecified atom stereocenters. The highest BCUT2D eigenvalue weighted by molar-refractivity contribution is 6.37. The van der Waals surface area contributed by atoms with Crippen molar-refractivity contribution in [3.8, 4) is 5.75 Å². The van der Waals surface area contributed by atoms with Gasteiger partial charge in [-0.3, -0.25) is 4.79 Å². The van der Waals surface area contributed by atoms with E-state index in [9.17, 15) is 4.79 Å². The van der Waals surface area contributed by atoms with Gasteiger partial charge in [0.25, 0.3) is 0 Å². The maximum Gasteiger partial charge on any atom is 0.310 e. The minimum Gasteiger partial charge on any atom is -0.491 e. The quantitative estimate of drug-likeness (QED) is 0.903. The molecule has 0 spiro atoms. The molecule has 0 aliphatic heterocycles. The number of benzene rings is 1. The zero-order valence-electron chi connectivity index (χ0n) is 8.96. The Morgan fingerprint density at radius 3 is 2.62 bits per heavy atom. The molecule has 1 rings (SSSR count). The van der Waals surface area contributed by atoms with Crippen molar-refractivity contribution in [1.29, 1.82) is 0 Å². The third-order valence-corrected chi connectivity index (χ3v) is 2.89. The molecule has 1 aromatic rings. The third-order valence-electron chi connectivity index (χ3n) is 2.20. The third kappa shape index (κ3) is 2.60. The molecule has 0 bridgehead atoms. The average Bonchev–Trinajstić information content (AvgIpc) is 2.23. The number of ether oxygens (including phenoxy) is 1. The first-order chi connectivity index (χ1) is 7.49. The van der Waals surface area contributed by atoms with E-state index in [0.29, 0.717) is 22.9 Å². The van der Waals surface area contributed by atoms with Crippen molar-refractivity contribution < 1.29 is 14.6 Å². The summed E-state index contributed by atoms with van der Waals surface area (Å²) in [5, 5.41) is 9.57. The van der Waals surface area contributed by atoms with Crippen molar-refractivity contribution in [3.05, 3.63) is 27.7 Å². The topological polar surface area (TPSA) is 46.5 Å². The Bertz CT molecular complexity index is 404. The van der Waals surface area contributed by atoms with E-state index in [2.05, 4.69) is 0 Å². The number of carboxylic acids is 1. The second-order valence-corrected chi connectivity index (χ2v) is 4.06. The maximum atomic E-state index is 10.9. The zero-order chi connectivity index (χ0) is 12.3. The van der Waals surface area contributed by atoms with Gasteiger partial charge >= 0.3 is 5.97 Å². The van der Waals surface area contributed by atoms with Gasteiger partial charge in [-0.15, -0.1) is 0 Å². The number of hydrogen-bond donors (Lipinski definition) is 1. The van der Waals surface area contributed by atoms with Gasteiger partial charge < -0.3 is 9.84 Å². The largest absolute Gasteiger partial charge is 0.491 e. The molecule has 0 saturated heterocycles. The molecule has 0 heterocycles. The molecule has 1 aromatic carbocycles. The Balaban J connectivity index is 3.22. The first-order valence-electron chi connectivity index (χ1n) is 4.82. The average molecular weight is 263 g/mol. The summed E-state index contributed by atoms with van der Waals surface area (Å²) in [7, 11) is 0. The summed E-state index contributed by atoms with van der Waals surface area (Å²) in [5.74, 6) is -1.29. The number of carbonyl (C=O) groups is 1. The van der Waals surface area contributed by atoms with E-state index in [0.717, 1.165) is 0 Å². The fourth-order valence-corrected chi connectivity index (χ4v) is 1.94. The lowest BCUT2D eigenvalue weighted by Crippen LogP contribution is -2.08. The van der Waals surface area contributed by atoms with E-state index in [1.165, 1.54) is 0 Å². The van der Waals surface area contributed by atoms with Gasteiger partial charge in [-0.25, -0.2) is 0 Å². The van der Waals surface area contributed by atoms with Gasteiger partial charge in [0.15, 0.2) is 5.75 Å². The molecular weight excluding hydrogens is 251 g/mol. The second kappa shape index (κ2) is 5.41. The lowest BCUT2D eigenvalue weighted by atomic mass is 10.0. The molecule has 5 heteroatoms. The van der Waals surface area contributed by atoms with E-state index >= 15 is 0 Å². The molecule has 3 nitrogen and oxygen atoms in total. The summed E-state index contributed by atoms with van der Waals surface area (Å²) in [6.07, 6.45) is 0. The first-order valence-corrected chi connectivity index (χ1v) is 5.58. The smallest absolute Gasteiger partial charge is 0.310 e. The molecule has 0 amide bonds. The molecule has 0 radical (unpaired) electrons. The highest BCUT2D eigenvalue weighted by Crippen LogP contribution is 2.38. The Labute approximate surface area is 104 Å². The molecule has 0 aliphatic rings. The fraction of sp³-hybridized carbons (Fsp3) is 0.364. The van der Waals surface area contributed by atoms with E-state index in [-0.39, 0.29) is 5.02 Å². The van der Waals surface area contributed by atoms with Crippen LogP contribution in [0.3, 0.4) is 0 Å². The number of aliphatic carboxylic acids is 1. The Morgan fingerprint density at radius 1 is 1.50 bits per heavy atom. The van der Waals surface area contributed by atoms with Crippen LogP contribution in [0.25, 0.3) is 0 Å². The van der Waals surface area contributed by atoms with E-state index < -0.39 is 11.9 Å². The van der Waals surface area contributed by atoms with E-state index in [1.54, 1.807) is 26.0 Å². The highest BCUT2D eigenvalue weighted by atomic mass is 35.5. The lowest BCUT2D eigenvalue weighted by molar-refractivity contribution is -0.138. The number of rotatable bonds is 4. The fourth-order valence-electron chi connectivity index (χ4n) is 1.29. The normalized spacial score (nSPS) is 12.2. The Morgan fingerprint density at radius 2 is 2.12 bits per heavy atom. The van der Waals surface area contributed by atoms with Gasteiger partial charge in [-0.2, -0.15) is 0 Å². The SMILES string of the molecule is CCOc1c(Cl)ccc(C(C)C(=O)O)c1Cl. The van der Waals surface area contributed by atoms with Gasteiger partial charge in [0.1, 0.15) is 0 Å². The van der Waals surface area contributed by atoms with Crippen molar-refractivity contribution in [2.24, 2.45) is 0 Å². The minimum atomic E-state index is -0.938. The predicted molar refractivity (Wildman–Crippen MR) is 63.7 cm³/mol. The van der Waals surface area contributed by atoms with Gasteiger partial charge in [0.2, 0.25) is 0 Å². The second-order valence-electron chi connectivity index (χ2n) is 3.27. The molecule has 16 heavy (non-hydrogen) atoms. The van der Waals surface area contributed by atoms with Crippen LogP contribution < -0.4 is 4.74 Å². The van der Waals surface area contributed by atoms with Crippen LogP contribution in [0.1, 0.15) is 25.3 Å². The molecule has 1 atom stereocenters. The van der Waals surface area contributed by atoms with Crippen molar-refractivity contribution >= 4 is 29.2 Å². The lowest BCUT2D eigenvalue weighted by Gasteiger charge is -2.14. The zero-order valence-corrected chi connectivity index (χ0v) is 10.5. The van der Waals surface area contributed by atoms with E-state index in [4.69, 9.17) is 33.0 Å². The molecule has 88 valence electrons. The van der Waals surface area contributed by atoms with Crippen LogP contribution in [0.4, 0.5) is 0 Å². The van der Waals surface area contributed by atoms with Crippen LogP contribution in [0.2, 0.25) is 10.0 Å². The van der Waals surface area contributed by atoms with Crippen molar-refractivity contribution in [1.82, 2.24) is 0 Å². The molecule has 0 aliphatic carbocycles. The summed E-state index contributed by atoms with van der Waals surface area (Å²) in [6, 6.07) is 3.19. The molecule has 0 aromatic heterocycles. The number of carboxylic acid groups (broad SMARTS) is 1. The summed E-state index contributed by atoms with van der Waals surface area (Å²) in [5.41, 5.74) is 0.502. The predicted octanol–water partition coefficient (Wildman–Crippen LogP) is 3.58. The number of hydrogen-bond acceptors (Lipinski definition) is 2. The molecule has 0 saturated carbocycles. The molecule has 0 fully saturated rings. The Hall–Kier alpha value is -0.930. The van der Waals surface area contributed by atoms with Gasteiger partial charge in [-0.1, -0.05) is 29.3 Å². The van der Waals surface area contributed by atoms with Crippen LogP contribution in [-0.2, 0) is 4.79 Å². The maximum absolute atomic E-state index is 10.9. The van der Waals surface area contributed by atoms with Crippen LogP contribution in [0.5, 0.6) is 5.75 Å². The monoisotopic (exact) mass is 262 g/mol. The first kappa shape index (κ1) is 13.1. The highest BCUT2D eigenvalue weighted by Gasteiger charge is 2.20. The summed E-state index contributed by atoms with van der Waals surface area (Å²) >= 11 is 12.0. The van der Waals surface area contributed by atoms with Crippen molar-refractivity contribution in [2.45, 2.75) is 19.8 Å². The molecule has 1 N–H and O–H groups in total. The summed E-state index contributed by atoms with van der Waals surface area (Å²) in [6.45, 7) is 3.79. The Kier molecular flexibility index (Phi) is 4.44. The van der Waals surface area contributed by atoms with Crippen LogP contribution >= 0.6 is 23.2 Å². The minimum absolute atomic E-state index is 0.268. The van der Waals surface area contributed by atoms with Crippen molar-refractivity contribution in [2.75, 3.05) is 6.61 Å². The van der Waals surface area contributed by atoms with Crippen LogP contribution in [-0.4, -0.2) is 17.7 Å². The summed E-state index contributed by atoms with van der Waals surface area (Å²) in [4.78, 5) is 10.9. The van der Waals surface area contributed by atoms with E-state index in [1.807, 2.05) is 0 Å². The molecular formula is C11H12Cl2O3. The van der Waals surface area contributed by atoms with Gasteiger partial charge in [0, 0.05) is 0 Å². The van der Waals surface area contributed by atoms with Gasteiger partial charge in [0.05, 0.1) is 22.6 Å². The van der Waals surface area contributed by atoms with Gasteiger partial charge in [-0.05, 0) is 25.5 Å².